The molecule has 0 saturated carbocycles. The number of amides is 1. The molecule has 0 heterocycles. The molecule has 0 radical (unpaired) electrons. The van der Waals surface area contributed by atoms with Crippen LogP contribution in [0.25, 0.3) is 11.1 Å². The predicted octanol–water partition coefficient (Wildman–Crippen LogP) is 8.36. The molecule has 220 valence electrons. The van der Waals surface area contributed by atoms with E-state index in [9.17, 15) is 13.6 Å². The molecule has 0 fully saturated rings. The summed E-state index contributed by atoms with van der Waals surface area (Å²) in [5.41, 5.74) is 6.06. The van der Waals surface area contributed by atoms with Crippen LogP contribution < -0.4 is 10.1 Å². The van der Waals surface area contributed by atoms with Crippen molar-refractivity contribution in [3.05, 3.63) is 113 Å². The second kappa shape index (κ2) is 13.9. The fourth-order valence-corrected chi connectivity index (χ4v) is 5.77. The van der Waals surface area contributed by atoms with Gasteiger partial charge in [0.05, 0.1) is 0 Å². The SMILES string of the molecule is CC(C)c1cc(-c2ccc(Oc3ccccc3)cc2)cc(C(C)C)c1C(C(=O)Nc1ccc(CN(C)C)cc1)S(=O)O. The first-order valence-corrected chi connectivity index (χ1v) is 15.4. The number of benzene rings is 4. The van der Waals surface area contributed by atoms with Crippen molar-refractivity contribution in [3.63, 3.8) is 0 Å². The number of hydrogen-bond acceptors (Lipinski definition) is 4. The maximum absolute atomic E-state index is 13.6. The Hall–Kier alpha value is -3.78. The minimum absolute atomic E-state index is 0.0160. The smallest absolute Gasteiger partial charge is 0.247 e. The highest BCUT2D eigenvalue weighted by Gasteiger charge is 2.33. The van der Waals surface area contributed by atoms with Crippen LogP contribution >= 0.6 is 0 Å². The van der Waals surface area contributed by atoms with Gasteiger partial charge >= 0.3 is 0 Å². The van der Waals surface area contributed by atoms with Crippen molar-refractivity contribution in [1.82, 2.24) is 4.90 Å². The average molecular weight is 585 g/mol. The van der Waals surface area contributed by atoms with Gasteiger partial charge in [-0.25, -0.2) is 4.21 Å². The van der Waals surface area contributed by atoms with Gasteiger partial charge in [0, 0.05) is 12.2 Å². The van der Waals surface area contributed by atoms with Gasteiger partial charge in [0.1, 0.15) is 11.5 Å². The van der Waals surface area contributed by atoms with Crippen LogP contribution in [0.2, 0.25) is 0 Å². The van der Waals surface area contributed by atoms with E-state index in [-0.39, 0.29) is 11.8 Å². The Bertz CT molecular complexity index is 1490. The van der Waals surface area contributed by atoms with Crippen LogP contribution in [0, 0.1) is 0 Å². The molecule has 6 nitrogen and oxygen atoms in total. The summed E-state index contributed by atoms with van der Waals surface area (Å²) in [5.74, 6) is 1.03. The third-order valence-corrected chi connectivity index (χ3v) is 7.93. The van der Waals surface area contributed by atoms with Crippen LogP contribution in [-0.2, 0) is 22.4 Å². The molecule has 0 aromatic heterocycles. The van der Waals surface area contributed by atoms with Gasteiger partial charge in [-0.2, -0.15) is 0 Å². The van der Waals surface area contributed by atoms with E-state index in [0.717, 1.165) is 45.9 Å². The molecule has 42 heavy (non-hydrogen) atoms. The molecule has 1 amide bonds. The fraction of sp³-hybridized carbons (Fsp3) is 0.286. The van der Waals surface area contributed by atoms with Gasteiger partial charge < -0.3 is 19.5 Å². The summed E-state index contributed by atoms with van der Waals surface area (Å²) < 4.78 is 29.3. The number of carbonyl (C=O) groups excluding carboxylic acids is 1. The van der Waals surface area contributed by atoms with Crippen LogP contribution in [0.3, 0.4) is 0 Å². The highest BCUT2D eigenvalue weighted by atomic mass is 32.2. The van der Waals surface area contributed by atoms with Gasteiger partial charge in [0.2, 0.25) is 5.91 Å². The predicted molar refractivity (Wildman–Crippen MR) is 173 cm³/mol. The molecule has 4 aromatic carbocycles. The Morgan fingerprint density at radius 1 is 0.810 bits per heavy atom. The Labute approximate surface area is 252 Å². The van der Waals surface area contributed by atoms with Crippen molar-refractivity contribution >= 4 is 22.7 Å². The van der Waals surface area contributed by atoms with Crippen molar-refractivity contribution in [1.29, 1.82) is 0 Å². The molecule has 4 rings (SSSR count). The quantitative estimate of drug-likeness (QED) is 0.173. The molecule has 0 spiro atoms. The molecule has 2 N–H and O–H groups in total. The normalized spacial score (nSPS) is 12.9. The van der Waals surface area contributed by atoms with Crippen LogP contribution in [0.1, 0.15) is 67.0 Å². The molecule has 2 unspecified atom stereocenters. The molecule has 0 aliphatic carbocycles. The summed E-state index contributed by atoms with van der Waals surface area (Å²) in [7, 11) is 3.99. The Morgan fingerprint density at radius 3 is 1.86 bits per heavy atom. The van der Waals surface area contributed by atoms with Gasteiger partial charge in [0.15, 0.2) is 16.3 Å². The minimum atomic E-state index is -2.43. The third-order valence-electron chi connectivity index (χ3n) is 7.08. The maximum atomic E-state index is 13.6. The second-order valence-corrected chi connectivity index (χ2v) is 12.4. The van der Waals surface area contributed by atoms with Crippen LogP contribution in [0.5, 0.6) is 11.5 Å². The lowest BCUT2D eigenvalue weighted by atomic mass is 9.83. The van der Waals surface area contributed by atoms with Crippen LogP contribution in [-0.4, -0.2) is 33.7 Å². The fourth-order valence-electron chi connectivity index (χ4n) is 5.05. The number of para-hydroxylation sites is 1. The van der Waals surface area contributed by atoms with Crippen molar-refractivity contribution in [2.45, 2.75) is 51.3 Å². The summed E-state index contributed by atoms with van der Waals surface area (Å²) in [5, 5.41) is 1.65. The Morgan fingerprint density at radius 2 is 1.36 bits per heavy atom. The van der Waals surface area contributed by atoms with E-state index < -0.39 is 22.2 Å². The first kappa shape index (κ1) is 31.2. The molecular weight excluding hydrogens is 544 g/mol. The lowest BCUT2D eigenvalue weighted by Gasteiger charge is -2.26. The molecule has 0 aliphatic heterocycles. The van der Waals surface area contributed by atoms with Crippen LogP contribution in [0.4, 0.5) is 5.69 Å². The molecule has 4 aromatic rings. The van der Waals surface area contributed by atoms with Crippen molar-refractivity contribution in [3.8, 4) is 22.6 Å². The number of ether oxygens (including phenoxy) is 1. The zero-order valence-electron chi connectivity index (χ0n) is 25.1. The number of nitrogens with one attached hydrogen (secondary N) is 1. The highest BCUT2D eigenvalue weighted by molar-refractivity contribution is 7.80. The molecular formula is C35H40N2O4S. The van der Waals surface area contributed by atoms with E-state index in [1.807, 2.05) is 133 Å². The van der Waals surface area contributed by atoms with Gasteiger partial charge in [-0.1, -0.05) is 82.3 Å². The van der Waals surface area contributed by atoms with E-state index in [1.54, 1.807) is 0 Å². The number of rotatable bonds is 11. The molecule has 0 saturated heterocycles. The van der Waals surface area contributed by atoms with E-state index in [2.05, 4.69) is 10.2 Å². The maximum Gasteiger partial charge on any atom is 0.247 e. The highest BCUT2D eigenvalue weighted by Crippen LogP contribution is 2.39. The summed E-state index contributed by atoms with van der Waals surface area (Å²) in [6.45, 7) is 8.96. The zero-order valence-corrected chi connectivity index (χ0v) is 25.9. The van der Waals surface area contributed by atoms with Gasteiger partial charge in [-0.3, -0.25) is 4.79 Å². The monoisotopic (exact) mass is 584 g/mol. The first-order valence-electron chi connectivity index (χ1n) is 14.2. The molecule has 0 bridgehead atoms. The topological polar surface area (TPSA) is 78.9 Å². The largest absolute Gasteiger partial charge is 0.457 e. The van der Waals surface area contributed by atoms with Crippen molar-refractivity contribution in [2.24, 2.45) is 0 Å². The second-order valence-electron chi connectivity index (χ2n) is 11.4. The van der Waals surface area contributed by atoms with E-state index >= 15 is 0 Å². The molecule has 0 aliphatic rings. The lowest BCUT2D eigenvalue weighted by Crippen LogP contribution is -2.27. The molecule has 2 atom stereocenters. The number of anilines is 1. The van der Waals surface area contributed by atoms with E-state index in [4.69, 9.17) is 4.74 Å². The number of nitrogens with zero attached hydrogens (tertiary/aromatic N) is 1. The van der Waals surface area contributed by atoms with E-state index in [0.29, 0.717) is 11.3 Å². The third kappa shape index (κ3) is 7.73. The van der Waals surface area contributed by atoms with Gasteiger partial charge in [-0.15, -0.1) is 0 Å². The minimum Gasteiger partial charge on any atom is -0.457 e. The zero-order chi connectivity index (χ0) is 30.4. The summed E-state index contributed by atoms with van der Waals surface area (Å²) in [6.07, 6.45) is 0. The van der Waals surface area contributed by atoms with E-state index in [1.165, 1.54) is 0 Å². The molecule has 7 heteroatoms. The van der Waals surface area contributed by atoms with Crippen molar-refractivity contribution < 1.29 is 18.3 Å². The Balaban J connectivity index is 1.69. The lowest BCUT2D eigenvalue weighted by molar-refractivity contribution is -0.116. The van der Waals surface area contributed by atoms with Crippen molar-refractivity contribution in [2.75, 3.05) is 19.4 Å². The summed E-state index contributed by atoms with van der Waals surface area (Å²) in [4.78, 5) is 15.7. The summed E-state index contributed by atoms with van der Waals surface area (Å²) >= 11 is -2.43. The summed E-state index contributed by atoms with van der Waals surface area (Å²) in [6, 6.07) is 29.2. The van der Waals surface area contributed by atoms with Crippen LogP contribution in [0.15, 0.2) is 91.0 Å². The van der Waals surface area contributed by atoms with Gasteiger partial charge in [0.25, 0.3) is 0 Å². The number of carbonyl (C=O) groups is 1. The number of hydrogen-bond donors (Lipinski definition) is 2. The van der Waals surface area contributed by atoms with Gasteiger partial charge in [-0.05, 0) is 95.7 Å². The Kier molecular flexibility index (Phi) is 10.3. The standard InChI is InChI=1S/C35H40N2O4S/c1-23(2)31-20-27(26-14-18-30(19-15-26)41-29-10-8-7-9-11-29)21-32(24(3)4)33(31)34(42(39)40)35(38)36-28-16-12-25(13-17-28)22-37(5)6/h7-21,23-24,34H,22H2,1-6H3,(H,36,38)(H,39,40). The average Bonchev–Trinajstić information content (AvgIpc) is 2.94. The first-order chi connectivity index (χ1) is 20.0.